The third-order valence-electron chi connectivity index (χ3n) is 5.40. The summed E-state index contributed by atoms with van der Waals surface area (Å²) in [6.07, 6.45) is 0. The van der Waals surface area contributed by atoms with Crippen LogP contribution in [-0.2, 0) is 52.3 Å². The first-order chi connectivity index (χ1) is 21.5. The van der Waals surface area contributed by atoms with Gasteiger partial charge in [0.2, 0.25) is 5.91 Å². The Labute approximate surface area is 260 Å². The van der Waals surface area contributed by atoms with Gasteiger partial charge in [0, 0.05) is 12.6 Å². The van der Waals surface area contributed by atoms with Crippen LogP contribution < -0.4 is 10.1 Å². The molecule has 0 aliphatic carbocycles. The molecule has 2 aromatic rings. The molecule has 1 N–H and O–H groups in total. The fourth-order valence-electron chi connectivity index (χ4n) is 3.34. The molecule has 0 heterocycles. The molecular weight excluding hydrogens is 598 g/mol. The lowest BCUT2D eigenvalue weighted by atomic mass is 10.3. The van der Waals surface area contributed by atoms with Gasteiger partial charge in [0.25, 0.3) is 10.1 Å². The van der Waals surface area contributed by atoms with Crippen LogP contribution in [-0.4, -0.2) is 120 Å². The summed E-state index contributed by atoms with van der Waals surface area (Å²) in [4.78, 5) is 11.1. The van der Waals surface area contributed by atoms with Crippen LogP contribution >= 0.6 is 0 Å². The monoisotopic (exact) mass is 643 g/mol. The second kappa shape index (κ2) is 24.6. The first-order valence-electron chi connectivity index (χ1n) is 14.5. The van der Waals surface area contributed by atoms with Gasteiger partial charge >= 0.3 is 0 Å². The van der Waals surface area contributed by atoms with Crippen molar-refractivity contribution in [2.45, 2.75) is 11.8 Å². The molecule has 0 aromatic heterocycles. The Hall–Kier alpha value is -2.66. The Bertz CT molecular complexity index is 1090. The number of ether oxygens (including phenoxy) is 8. The molecule has 2 aromatic carbocycles. The van der Waals surface area contributed by atoms with Crippen LogP contribution in [0.2, 0.25) is 0 Å². The van der Waals surface area contributed by atoms with Gasteiger partial charge in [-0.25, -0.2) is 0 Å². The topological polar surface area (TPSA) is 146 Å². The lowest BCUT2D eigenvalue weighted by molar-refractivity contribution is -0.114. The van der Waals surface area contributed by atoms with E-state index in [2.05, 4.69) is 5.32 Å². The first kappa shape index (κ1) is 37.5. The molecule has 0 fully saturated rings. The van der Waals surface area contributed by atoms with Crippen molar-refractivity contribution < 1.29 is 55.3 Å². The Morgan fingerprint density at radius 1 is 0.545 bits per heavy atom. The van der Waals surface area contributed by atoms with E-state index in [1.807, 2.05) is 0 Å². The second-order valence-corrected chi connectivity index (χ2v) is 10.5. The van der Waals surface area contributed by atoms with E-state index >= 15 is 0 Å². The molecule has 0 aliphatic heterocycles. The Morgan fingerprint density at radius 3 is 1.34 bits per heavy atom. The zero-order valence-electron chi connectivity index (χ0n) is 25.3. The summed E-state index contributed by atoms with van der Waals surface area (Å²) in [6.45, 7) is 7.67. The highest BCUT2D eigenvalue weighted by atomic mass is 32.2. The van der Waals surface area contributed by atoms with Crippen molar-refractivity contribution >= 4 is 21.7 Å². The van der Waals surface area contributed by atoms with Gasteiger partial charge in [-0.05, 0) is 36.4 Å². The van der Waals surface area contributed by atoms with Crippen LogP contribution in [0.25, 0.3) is 0 Å². The molecule has 0 atom stereocenters. The molecule has 14 heteroatoms. The molecular formula is C30H45NO12S. The second-order valence-electron chi connectivity index (χ2n) is 8.93. The smallest absolute Gasteiger partial charge is 0.297 e. The van der Waals surface area contributed by atoms with Crippen LogP contribution in [0.3, 0.4) is 0 Å². The maximum atomic E-state index is 12.0. The molecule has 44 heavy (non-hydrogen) atoms. The van der Waals surface area contributed by atoms with E-state index in [-0.39, 0.29) is 24.0 Å². The number of amides is 1. The maximum absolute atomic E-state index is 12.0. The minimum Gasteiger partial charge on any atom is -0.491 e. The van der Waals surface area contributed by atoms with Crippen LogP contribution in [0.1, 0.15) is 6.92 Å². The summed E-state index contributed by atoms with van der Waals surface area (Å²) >= 11 is 0. The summed E-state index contributed by atoms with van der Waals surface area (Å²) < 4.78 is 72.4. The maximum Gasteiger partial charge on any atom is 0.297 e. The summed E-state index contributed by atoms with van der Waals surface area (Å²) in [7, 11) is -3.76. The van der Waals surface area contributed by atoms with E-state index in [1.165, 1.54) is 19.1 Å². The predicted octanol–water partition coefficient (Wildman–Crippen LogP) is 2.55. The van der Waals surface area contributed by atoms with Gasteiger partial charge < -0.3 is 43.2 Å². The summed E-state index contributed by atoms with van der Waals surface area (Å²) in [5.74, 6) is 0.592. The zero-order valence-corrected chi connectivity index (χ0v) is 26.1. The molecule has 0 saturated heterocycles. The van der Waals surface area contributed by atoms with Gasteiger partial charge in [0.1, 0.15) is 12.4 Å². The number of hydrogen-bond donors (Lipinski definition) is 1. The lowest BCUT2D eigenvalue weighted by Gasteiger charge is -2.09. The van der Waals surface area contributed by atoms with Crippen molar-refractivity contribution in [3.63, 3.8) is 0 Å². The number of anilines is 1. The van der Waals surface area contributed by atoms with E-state index < -0.39 is 10.1 Å². The summed E-state index contributed by atoms with van der Waals surface area (Å²) in [5, 5.41) is 2.70. The van der Waals surface area contributed by atoms with Crippen molar-refractivity contribution in [1.29, 1.82) is 0 Å². The SMILES string of the molecule is CC(=O)Nc1ccc(OCCOCCOCCOCCOCCOCCOCCOCCOS(=O)(=O)c2ccccc2)cc1. The first-order valence-corrected chi connectivity index (χ1v) is 15.9. The Kier molecular flexibility index (Phi) is 21.0. The van der Waals surface area contributed by atoms with Gasteiger partial charge in [0.05, 0.1) is 104 Å². The number of carbonyl (C=O) groups excluding carboxylic acids is 1. The van der Waals surface area contributed by atoms with E-state index in [9.17, 15) is 13.2 Å². The van der Waals surface area contributed by atoms with Crippen molar-refractivity contribution in [1.82, 2.24) is 0 Å². The van der Waals surface area contributed by atoms with Crippen LogP contribution in [0.5, 0.6) is 5.75 Å². The minimum absolute atomic E-state index is 0.0615. The standard InChI is InChI=1S/C30H45NO12S/c1-27(32)31-28-7-9-29(10-8-28)42-25-23-40-21-19-38-17-15-36-13-11-35-12-14-37-16-18-39-20-22-41-24-26-43-44(33,34)30-5-3-2-4-6-30/h2-10H,11-26H2,1H3,(H,31,32). The number of rotatable bonds is 28. The predicted molar refractivity (Wildman–Crippen MR) is 162 cm³/mol. The third-order valence-corrected chi connectivity index (χ3v) is 6.73. The van der Waals surface area contributed by atoms with Crippen molar-refractivity contribution in [3.05, 3.63) is 54.6 Å². The summed E-state index contributed by atoms with van der Waals surface area (Å²) in [6, 6.07) is 15.1. The highest BCUT2D eigenvalue weighted by molar-refractivity contribution is 7.86. The molecule has 1 amide bonds. The fraction of sp³-hybridized carbons (Fsp3) is 0.567. The van der Waals surface area contributed by atoms with Crippen LogP contribution in [0.15, 0.2) is 59.5 Å². The van der Waals surface area contributed by atoms with E-state index in [0.29, 0.717) is 98.2 Å². The zero-order chi connectivity index (χ0) is 31.6. The third kappa shape index (κ3) is 19.6. The van der Waals surface area contributed by atoms with Crippen molar-refractivity contribution in [3.8, 4) is 5.75 Å². The Morgan fingerprint density at radius 2 is 0.932 bits per heavy atom. The molecule has 0 unspecified atom stereocenters. The minimum atomic E-state index is -3.76. The average Bonchev–Trinajstić information content (AvgIpc) is 3.02. The molecule has 0 spiro atoms. The Balaban J connectivity index is 1.23. The fourth-order valence-corrected chi connectivity index (χ4v) is 4.25. The van der Waals surface area contributed by atoms with Gasteiger partial charge in [-0.2, -0.15) is 8.42 Å². The van der Waals surface area contributed by atoms with Gasteiger partial charge in [0.15, 0.2) is 0 Å². The van der Waals surface area contributed by atoms with Crippen molar-refractivity contribution in [2.75, 3.05) is 111 Å². The quantitative estimate of drug-likeness (QED) is 0.107. The van der Waals surface area contributed by atoms with Crippen molar-refractivity contribution in [2.24, 2.45) is 0 Å². The van der Waals surface area contributed by atoms with E-state index in [4.69, 9.17) is 42.1 Å². The normalized spacial score (nSPS) is 11.5. The average molecular weight is 644 g/mol. The van der Waals surface area contributed by atoms with Gasteiger partial charge in [-0.1, -0.05) is 18.2 Å². The van der Waals surface area contributed by atoms with Gasteiger partial charge in [-0.15, -0.1) is 0 Å². The van der Waals surface area contributed by atoms with E-state index in [0.717, 1.165) is 5.69 Å². The molecule has 13 nitrogen and oxygen atoms in total. The highest BCUT2D eigenvalue weighted by Gasteiger charge is 2.13. The summed E-state index contributed by atoms with van der Waals surface area (Å²) in [5.41, 5.74) is 0.724. The largest absolute Gasteiger partial charge is 0.491 e. The molecule has 0 aliphatic rings. The molecule has 0 saturated carbocycles. The molecule has 0 bridgehead atoms. The number of nitrogens with one attached hydrogen (secondary N) is 1. The number of hydrogen-bond acceptors (Lipinski definition) is 12. The van der Waals surface area contributed by atoms with Crippen LogP contribution in [0.4, 0.5) is 5.69 Å². The molecule has 2 rings (SSSR count). The molecule has 0 radical (unpaired) electrons. The highest BCUT2D eigenvalue weighted by Crippen LogP contribution is 2.15. The number of benzene rings is 2. The number of carbonyl (C=O) groups is 1. The lowest BCUT2D eigenvalue weighted by Crippen LogP contribution is -2.15. The molecule has 248 valence electrons. The van der Waals surface area contributed by atoms with E-state index in [1.54, 1.807) is 42.5 Å². The van der Waals surface area contributed by atoms with Gasteiger partial charge in [-0.3, -0.25) is 8.98 Å². The van der Waals surface area contributed by atoms with Crippen LogP contribution in [0, 0.1) is 0 Å².